The van der Waals surface area contributed by atoms with Crippen LogP contribution in [-0.2, 0) is 9.53 Å². The number of hydrogen-bond acceptors (Lipinski definition) is 2. The SMILES string of the molecule is CC(C)[C@@H]1CC[C@@H](C)C[C@H]1OC(=O)[C@]1([Si](C)(C)C)C(c2ccccc2)=C1C(C)(C)C. The Bertz CT molecular complexity index is 810. The van der Waals surface area contributed by atoms with Gasteiger partial charge < -0.3 is 4.74 Å². The molecule has 0 saturated heterocycles. The molecule has 2 aliphatic rings. The summed E-state index contributed by atoms with van der Waals surface area (Å²) in [6.07, 6.45) is 3.47. The summed E-state index contributed by atoms with van der Waals surface area (Å²) in [5.41, 5.74) is 3.71. The Morgan fingerprint density at radius 3 is 2.20 bits per heavy atom. The Labute approximate surface area is 185 Å². The highest BCUT2D eigenvalue weighted by molar-refractivity contribution is 6.87. The minimum absolute atomic E-state index is 0.0372. The van der Waals surface area contributed by atoms with Crippen molar-refractivity contribution in [2.75, 3.05) is 0 Å². The van der Waals surface area contributed by atoms with E-state index >= 15 is 0 Å². The van der Waals surface area contributed by atoms with Crippen LogP contribution in [-0.4, -0.2) is 20.1 Å². The summed E-state index contributed by atoms with van der Waals surface area (Å²) in [7, 11) is -1.95. The number of esters is 1. The van der Waals surface area contributed by atoms with Gasteiger partial charge in [0.1, 0.15) is 11.1 Å². The van der Waals surface area contributed by atoms with Crippen molar-refractivity contribution >= 4 is 19.6 Å². The molecule has 3 heteroatoms. The van der Waals surface area contributed by atoms with E-state index in [9.17, 15) is 4.79 Å². The molecule has 0 unspecified atom stereocenters. The lowest BCUT2D eigenvalue weighted by atomic mass is 9.75. The second-order valence-electron chi connectivity index (χ2n) is 12.1. The molecule has 0 radical (unpaired) electrons. The lowest BCUT2D eigenvalue weighted by Crippen LogP contribution is -2.44. The lowest BCUT2D eigenvalue weighted by Gasteiger charge is -2.40. The maximum Gasteiger partial charge on any atom is 0.318 e. The second-order valence-corrected chi connectivity index (χ2v) is 17.4. The zero-order valence-electron chi connectivity index (χ0n) is 20.6. The van der Waals surface area contributed by atoms with Gasteiger partial charge in [-0.15, -0.1) is 0 Å². The van der Waals surface area contributed by atoms with E-state index in [0.29, 0.717) is 17.8 Å². The second kappa shape index (κ2) is 7.96. The van der Waals surface area contributed by atoms with Crippen LogP contribution in [0, 0.1) is 23.2 Å². The fraction of sp³-hybridized carbons (Fsp3) is 0.667. The monoisotopic (exact) mass is 426 g/mol. The molecule has 0 heterocycles. The number of carbonyl (C=O) groups excluding carboxylic acids is 1. The van der Waals surface area contributed by atoms with Crippen LogP contribution in [0.1, 0.15) is 66.4 Å². The van der Waals surface area contributed by atoms with E-state index in [1.54, 1.807) is 0 Å². The van der Waals surface area contributed by atoms with Crippen molar-refractivity contribution in [2.24, 2.45) is 23.2 Å². The van der Waals surface area contributed by atoms with Gasteiger partial charge in [-0.2, -0.15) is 0 Å². The van der Waals surface area contributed by atoms with E-state index in [1.165, 1.54) is 29.6 Å². The van der Waals surface area contributed by atoms with Crippen molar-refractivity contribution in [1.82, 2.24) is 0 Å². The van der Waals surface area contributed by atoms with Crippen molar-refractivity contribution in [1.29, 1.82) is 0 Å². The van der Waals surface area contributed by atoms with Crippen LogP contribution in [0.2, 0.25) is 24.7 Å². The zero-order chi connectivity index (χ0) is 22.5. The highest BCUT2D eigenvalue weighted by atomic mass is 28.3. The minimum Gasteiger partial charge on any atom is -0.461 e. The van der Waals surface area contributed by atoms with Crippen LogP contribution < -0.4 is 0 Å². The number of benzene rings is 1. The first-order valence-corrected chi connectivity index (χ1v) is 15.3. The first-order chi connectivity index (χ1) is 13.8. The molecule has 0 amide bonds. The molecule has 0 aromatic heterocycles. The molecule has 0 spiro atoms. The third-order valence-corrected chi connectivity index (χ3v) is 10.4. The summed E-state index contributed by atoms with van der Waals surface area (Å²) in [5, 5.41) is -0.505. The predicted octanol–water partition coefficient (Wildman–Crippen LogP) is 7.58. The van der Waals surface area contributed by atoms with E-state index in [1.807, 2.05) is 6.07 Å². The average molecular weight is 427 g/mol. The molecule has 3 rings (SSSR count). The maximum absolute atomic E-state index is 14.1. The zero-order valence-corrected chi connectivity index (χ0v) is 21.6. The number of carbonyl (C=O) groups is 1. The van der Waals surface area contributed by atoms with E-state index in [0.717, 1.165) is 6.42 Å². The van der Waals surface area contributed by atoms with Gasteiger partial charge in [-0.1, -0.05) is 97.9 Å². The summed E-state index contributed by atoms with van der Waals surface area (Å²) >= 11 is 0. The van der Waals surface area contributed by atoms with Gasteiger partial charge in [-0.3, -0.25) is 4.79 Å². The van der Waals surface area contributed by atoms with Crippen LogP contribution in [0.15, 0.2) is 35.9 Å². The normalized spacial score (nSPS) is 29.9. The quantitative estimate of drug-likeness (QED) is 0.358. The Hall–Kier alpha value is -1.35. The summed E-state index contributed by atoms with van der Waals surface area (Å²) in [5.74, 6) is 1.68. The van der Waals surface area contributed by atoms with Crippen LogP contribution in [0.4, 0.5) is 0 Å². The van der Waals surface area contributed by atoms with Gasteiger partial charge in [-0.25, -0.2) is 0 Å². The van der Waals surface area contributed by atoms with Crippen molar-refractivity contribution < 1.29 is 9.53 Å². The van der Waals surface area contributed by atoms with Gasteiger partial charge in [-0.05, 0) is 52.7 Å². The molecule has 166 valence electrons. The van der Waals surface area contributed by atoms with Crippen LogP contribution >= 0.6 is 0 Å². The molecule has 1 aromatic carbocycles. The van der Waals surface area contributed by atoms with E-state index in [-0.39, 0.29) is 17.5 Å². The van der Waals surface area contributed by atoms with Gasteiger partial charge in [0.25, 0.3) is 0 Å². The third kappa shape index (κ3) is 3.95. The molecule has 2 aliphatic carbocycles. The predicted molar refractivity (Wildman–Crippen MR) is 130 cm³/mol. The largest absolute Gasteiger partial charge is 0.461 e. The third-order valence-electron chi connectivity index (χ3n) is 7.40. The Morgan fingerprint density at radius 2 is 1.70 bits per heavy atom. The highest BCUT2D eigenvalue weighted by Crippen LogP contribution is 2.75. The summed E-state index contributed by atoms with van der Waals surface area (Å²) in [6.45, 7) is 20.6. The molecule has 0 bridgehead atoms. The molecular formula is C27H42O2Si. The summed E-state index contributed by atoms with van der Waals surface area (Å²) in [6, 6.07) is 10.5. The fourth-order valence-electron chi connectivity index (χ4n) is 5.92. The fourth-order valence-corrected chi connectivity index (χ4v) is 8.80. The molecule has 0 aliphatic heterocycles. The Morgan fingerprint density at radius 1 is 1.10 bits per heavy atom. The van der Waals surface area contributed by atoms with Gasteiger partial charge in [0.2, 0.25) is 0 Å². The molecular weight excluding hydrogens is 384 g/mol. The van der Waals surface area contributed by atoms with Gasteiger partial charge in [0.05, 0.1) is 8.07 Å². The molecule has 2 nitrogen and oxygen atoms in total. The van der Waals surface area contributed by atoms with E-state index in [4.69, 9.17) is 4.74 Å². The van der Waals surface area contributed by atoms with Gasteiger partial charge in [0.15, 0.2) is 0 Å². The highest BCUT2D eigenvalue weighted by Gasteiger charge is 2.70. The summed E-state index contributed by atoms with van der Waals surface area (Å²) in [4.78, 5) is 14.1. The van der Waals surface area contributed by atoms with E-state index in [2.05, 4.69) is 85.4 Å². The van der Waals surface area contributed by atoms with Crippen LogP contribution in [0.3, 0.4) is 0 Å². The van der Waals surface area contributed by atoms with Crippen molar-refractivity contribution in [3.8, 4) is 0 Å². The summed E-state index contributed by atoms with van der Waals surface area (Å²) < 4.78 is 6.52. The molecule has 1 saturated carbocycles. The van der Waals surface area contributed by atoms with Crippen molar-refractivity contribution in [2.45, 2.75) is 91.6 Å². The number of hydrogen-bond donors (Lipinski definition) is 0. The number of ether oxygens (including phenoxy) is 1. The van der Waals surface area contributed by atoms with Crippen LogP contribution in [0.5, 0.6) is 0 Å². The topological polar surface area (TPSA) is 26.3 Å². The van der Waals surface area contributed by atoms with Gasteiger partial charge in [0, 0.05) is 0 Å². The maximum atomic E-state index is 14.1. The molecule has 30 heavy (non-hydrogen) atoms. The Kier molecular flexibility index (Phi) is 6.19. The van der Waals surface area contributed by atoms with E-state index < -0.39 is 13.1 Å². The minimum atomic E-state index is -1.95. The van der Waals surface area contributed by atoms with Crippen LogP contribution in [0.25, 0.3) is 5.57 Å². The first-order valence-electron chi connectivity index (χ1n) is 11.8. The van der Waals surface area contributed by atoms with Gasteiger partial charge >= 0.3 is 5.97 Å². The van der Waals surface area contributed by atoms with Crippen molar-refractivity contribution in [3.63, 3.8) is 0 Å². The smallest absolute Gasteiger partial charge is 0.318 e. The average Bonchev–Trinajstić information content (AvgIpc) is 3.34. The molecule has 4 atom stereocenters. The van der Waals surface area contributed by atoms with Crippen molar-refractivity contribution in [3.05, 3.63) is 41.5 Å². The molecule has 0 N–H and O–H groups in total. The Balaban J connectivity index is 2.01. The standard InChI is InChI=1S/C27H42O2Si/c1-18(2)21-16-15-19(3)17-22(21)29-25(28)27(30(7,8)9)23(24(27)26(4,5)6)20-13-11-10-12-14-20/h10-14,18-19,21-22H,15-17H2,1-9H3/t19-,21+,22-,27+/m1/s1. The lowest BCUT2D eigenvalue weighted by molar-refractivity contribution is -0.156. The first kappa shape index (κ1) is 23.3. The molecule has 1 aromatic rings. The number of rotatable bonds is 5. The molecule has 1 fully saturated rings.